The number of hydrogen-bond donors (Lipinski definition) is 1. The molecule has 2 N–H and O–H groups in total. The molecule has 5 nitrogen and oxygen atoms in total. The van der Waals surface area contributed by atoms with Crippen molar-refractivity contribution in [1.82, 2.24) is 4.31 Å². The molecule has 0 aromatic heterocycles. The van der Waals surface area contributed by atoms with E-state index in [-0.39, 0.29) is 42.5 Å². The van der Waals surface area contributed by atoms with Crippen LogP contribution in [0.3, 0.4) is 0 Å². The van der Waals surface area contributed by atoms with Crippen molar-refractivity contribution < 1.29 is 17.5 Å². The van der Waals surface area contributed by atoms with Crippen LogP contribution in [-0.4, -0.2) is 45.1 Å². The van der Waals surface area contributed by atoms with E-state index in [1.807, 2.05) is 0 Å². The minimum absolute atomic E-state index is 0. The lowest BCUT2D eigenvalue weighted by Gasteiger charge is -2.37. The van der Waals surface area contributed by atoms with E-state index < -0.39 is 15.8 Å². The number of methoxy groups -OCH3 is 1. The van der Waals surface area contributed by atoms with Crippen LogP contribution in [0.2, 0.25) is 0 Å². The Kier molecular flexibility index (Phi) is 6.76. The lowest BCUT2D eigenvalue weighted by molar-refractivity contribution is 0.0401. The van der Waals surface area contributed by atoms with Gasteiger partial charge in [0.1, 0.15) is 10.7 Å². The Hall–Kier alpha value is -0.730. The van der Waals surface area contributed by atoms with Crippen molar-refractivity contribution in [2.45, 2.75) is 36.8 Å². The van der Waals surface area contributed by atoms with Crippen LogP contribution in [0.5, 0.6) is 0 Å². The number of nitrogens with zero attached hydrogens (tertiary/aromatic N) is 1. The minimum atomic E-state index is -3.89. The van der Waals surface area contributed by atoms with Crippen LogP contribution in [0.25, 0.3) is 0 Å². The third kappa shape index (κ3) is 3.78. The number of rotatable bonds is 4. The van der Waals surface area contributed by atoms with Gasteiger partial charge in [-0.1, -0.05) is 6.07 Å². The van der Waals surface area contributed by atoms with Gasteiger partial charge in [-0.05, 0) is 37.5 Å². The Morgan fingerprint density at radius 3 is 2.73 bits per heavy atom. The molecule has 0 amide bonds. The van der Waals surface area contributed by atoms with E-state index in [4.69, 9.17) is 10.5 Å². The number of hydrogen-bond acceptors (Lipinski definition) is 4. The van der Waals surface area contributed by atoms with Crippen LogP contribution >= 0.6 is 12.4 Å². The molecule has 22 heavy (non-hydrogen) atoms. The van der Waals surface area contributed by atoms with Crippen LogP contribution in [0.15, 0.2) is 23.1 Å². The predicted molar refractivity (Wildman–Crippen MR) is 85.2 cm³/mol. The normalized spacial score (nSPS) is 23.1. The van der Waals surface area contributed by atoms with Gasteiger partial charge in [0.2, 0.25) is 10.0 Å². The van der Waals surface area contributed by atoms with Crippen molar-refractivity contribution >= 4 is 22.4 Å². The first-order chi connectivity index (χ1) is 9.90. The molecule has 2 atom stereocenters. The zero-order chi connectivity index (χ0) is 15.6. The van der Waals surface area contributed by atoms with E-state index in [2.05, 4.69) is 0 Å². The van der Waals surface area contributed by atoms with Crippen LogP contribution < -0.4 is 5.73 Å². The van der Waals surface area contributed by atoms with Crippen molar-refractivity contribution in [2.75, 3.05) is 20.2 Å². The van der Waals surface area contributed by atoms with E-state index in [9.17, 15) is 12.8 Å². The Morgan fingerprint density at radius 1 is 1.45 bits per heavy atom. The number of ether oxygens (including phenoxy) is 1. The van der Waals surface area contributed by atoms with E-state index in [1.54, 1.807) is 20.1 Å². The maximum atomic E-state index is 13.9. The monoisotopic (exact) mass is 352 g/mol. The fourth-order valence-electron chi connectivity index (χ4n) is 2.67. The summed E-state index contributed by atoms with van der Waals surface area (Å²) in [5.74, 6) is -0.731. The molecule has 0 spiro atoms. The Labute approximate surface area is 137 Å². The van der Waals surface area contributed by atoms with Crippen molar-refractivity contribution in [3.63, 3.8) is 0 Å². The average molecular weight is 353 g/mol. The van der Waals surface area contributed by atoms with Crippen molar-refractivity contribution in [3.05, 3.63) is 29.6 Å². The second-order valence-corrected chi connectivity index (χ2v) is 7.18. The van der Waals surface area contributed by atoms with Gasteiger partial charge in [-0.25, -0.2) is 12.8 Å². The zero-order valence-corrected chi connectivity index (χ0v) is 14.3. The van der Waals surface area contributed by atoms with Crippen LogP contribution in [-0.2, 0) is 14.8 Å². The third-order valence-electron chi connectivity index (χ3n) is 3.89. The molecular formula is C14H22ClFN2O3S. The zero-order valence-electron chi connectivity index (χ0n) is 12.7. The standard InChI is InChI=1S/C14H21FN2O3S.ClH/c1-10-3-4-13(15)14(7-10)21(18,19)17-6-5-12(20-2)8-11(17)9-16;/h3-4,7,11-12H,5-6,8-9,16H2,1-2H3;1H. The maximum Gasteiger partial charge on any atom is 0.246 e. The van der Waals surface area contributed by atoms with E-state index in [1.165, 1.54) is 16.4 Å². The SMILES string of the molecule is COC1CCN(S(=O)(=O)c2cc(C)ccc2F)C(CN)C1.Cl. The molecule has 0 radical (unpaired) electrons. The van der Waals surface area contributed by atoms with Gasteiger partial charge < -0.3 is 10.5 Å². The molecule has 8 heteroatoms. The van der Waals surface area contributed by atoms with E-state index >= 15 is 0 Å². The highest BCUT2D eigenvalue weighted by Gasteiger charge is 2.37. The molecule has 0 saturated carbocycles. The summed E-state index contributed by atoms with van der Waals surface area (Å²) in [5.41, 5.74) is 6.40. The summed E-state index contributed by atoms with van der Waals surface area (Å²) in [6.45, 7) is 2.21. The van der Waals surface area contributed by atoms with Gasteiger partial charge in [0.25, 0.3) is 0 Å². The molecule has 1 aromatic rings. The summed E-state index contributed by atoms with van der Waals surface area (Å²) in [5, 5.41) is 0. The lowest BCUT2D eigenvalue weighted by Crippen LogP contribution is -2.51. The van der Waals surface area contributed by atoms with Crippen molar-refractivity contribution in [1.29, 1.82) is 0 Å². The Bertz CT molecular complexity index is 612. The number of sulfonamides is 1. The second-order valence-electron chi connectivity index (χ2n) is 5.32. The first-order valence-corrected chi connectivity index (χ1v) is 8.35. The van der Waals surface area contributed by atoms with Gasteiger partial charge in [-0.2, -0.15) is 4.31 Å². The largest absolute Gasteiger partial charge is 0.381 e. The number of piperidine rings is 1. The quantitative estimate of drug-likeness (QED) is 0.894. The minimum Gasteiger partial charge on any atom is -0.381 e. The first-order valence-electron chi connectivity index (χ1n) is 6.91. The molecule has 0 aliphatic carbocycles. The third-order valence-corrected chi connectivity index (χ3v) is 5.86. The maximum absolute atomic E-state index is 13.9. The molecule has 1 aromatic carbocycles. The van der Waals surface area contributed by atoms with E-state index in [0.29, 0.717) is 18.4 Å². The van der Waals surface area contributed by atoms with Crippen LogP contribution in [0.1, 0.15) is 18.4 Å². The lowest BCUT2D eigenvalue weighted by atomic mass is 10.0. The average Bonchev–Trinajstić information content (AvgIpc) is 2.48. The summed E-state index contributed by atoms with van der Waals surface area (Å²) in [6, 6.07) is 3.72. The molecule has 1 saturated heterocycles. The van der Waals surface area contributed by atoms with Gasteiger partial charge in [0.15, 0.2) is 0 Å². The number of nitrogens with two attached hydrogens (primary N) is 1. The summed E-state index contributed by atoms with van der Waals surface area (Å²) >= 11 is 0. The van der Waals surface area contributed by atoms with Gasteiger partial charge >= 0.3 is 0 Å². The molecular weight excluding hydrogens is 331 g/mol. The number of aryl methyl sites for hydroxylation is 1. The molecule has 1 heterocycles. The fraction of sp³-hybridized carbons (Fsp3) is 0.571. The molecule has 1 fully saturated rings. The Balaban J connectivity index is 0.00000242. The molecule has 2 rings (SSSR count). The van der Waals surface area contributed by atoms with E-state index in [0.717, 1.165) is 0 Å². The highest BCUT2D eigenvalue weighted by Crippen LogP contribution is 2.28. The highest BCUT2D eigenvalue weighted by molar-refractivity contribution is 7.89. The molecule has 1 aliphatic heterocycles. The number of halogens is 2. The van der Waals surface area contributed by atoms with Crippen LogP contribution in [0.4, 0.5) is 4.39 Å². The topological polar surface area (TPSA) is 72.6 Å². The van der Waals surface area contributed by atoms with Crippen molar-refractivity contribution in [3.8, 4) is 0 Å². The summed E-state index contributed by atoms with van der Waals surface area (Å²) in [4.78, 5) is -0.281. The summed E-state index contributed by atoms with van der Waals surface area (Å²) in [7, 11) is -2.29. The molecule has 126 valence electrons. The smallest absolute Gasteiger partial charge is 0.246 e. The van der Waals surface area contributed by atoms with Gasteiger partial charge in [0, 0.05) is 26.2 Å². The molecule has 2 unspecified atom stereocenters. The Morgan fingerprint density at radius 2 is 2.14 bits per heavy atom. The summed E-state index contributed by atoms with van der Waals surface area (Å²) < 4.78 is 45.9. The molecule has 1 aliphatic rings. The first kappa shape index (κ1) is 19.3. The number of benzene rings is 1. The second kappa shape index (κ2) is 7.70. The highest BCUT2D eigenvalue weighted by atomic mass is 35.5. The summed E-state index contributed by atoms with van der Waals surface area (Å²) in [6.07, 6.45) is 1.10. The van der Waals surface area contributed by atoms with Gasteiger partial charge in [-0.3, -0.25) is 0 Å². The fourth-order valence-corrected chi connectivity index (χ4v) is 4.48. The molecule has 0 bridgehead atoms. The van der Waals surface area contributed by atoms with Crippen molar-refractivity contribution in [2.24, 2.45) is 5.73 Å². The van der Waals surface area contributed by atoms with Gasteiger partial charge in [-0.15, -0.1) is 12.4 Å². The van der Waals surface area contributed by atoms with Gasteiger partial charge in [0.05, 0.1) is 6.10 Å². The van der Waals surface area contributed by atoms with Crippen LogP contribution in [0, 0.1) is 12.7 Å². The predicted octanol–water partition coefficient (Wildman–Crippen LogP) is 1.68.